The van der Waals surface area contributed by atoms with Crippen molar-refractivity contribution in [3.63, 3.8) is 0 Å². The molecule has 108 valence electrons. The first-order valence-electron chi connectivity index (χ1n) is 7.75. The van der Waals surface area contributed by atoms with E-state index in [0.717, 1.165) is 43.6 Å². The van der Waals surface area contributed by atoms with Crippen LogP contribution in [0.2, 0.25) is 0 Å². The van der Waals surface area contributed by atoms with Gasteiger partial charge in [0.05, 0.1) is 12.7 Å². The normalized spacial score (nSPS) is 27.2. The molecule has 3 unspecified atom stereocenters. The summed E-state index contributed by atoms with van der Waals surface area (Å²) in [5, 5.41) is 10.8. The molecule has 3 rings (SSSR count). The van der Waals surface area contributed by atoms with Gasteiger partial charge in [0, 0.05) is 5.56 Å². The first-order valence-corrected chi connectivity index (χ1v) is 7.75. The maximum Gasteiger partial charge on any atom is 0.128 e. The minimum absolute atomic E-state index is 0.312. The van der Waals surface area contributed by atoms with Gasteiger partial charge in [-0.2, -0.15) is 0 Å². The van der Waals surface area contributed by atoms with Crippen molar-refractivity contribution in [3.8, 4) is 5.75 Å². The summed E-state index contributed by atoms with van der Waals surface area (Å²) in [5.41, 5.74) is 3.65. The Kier molecular flexibility index (Phi) is 3.84. The summed E-state index contributed by atoms with van der Waals surface area (Å²) in [5.74, 6) is 1.82. The highest BCUT2D eigenvalue weighted by atomic mass is 16.5. The van der Waals surface area contributed by atoms with Crippen LogP contribution in [0, 0.1) is 11.8 Å². The highest BCUT2D eigenvalue weighted by Gasteiger charge is 2.29. The van der Waals surface area contributed by atoms with E-state index in [0.29, 0.717) is 11.8 Å². The molecule has 2 aliphatic rings. The minimum Gasteiger partial charge on any atom is -0.493 e. The Labute approximate surface area is 121 Å². The number of allylic oxidation sites excluding steroid dienone is 2. The van der Waals surface area contributed by atoms with E-state index in [9.17, 15) is 5.11 Å². The van der Waals surface area contributed by atoms with Gasteiger partial charge in [0.25, 0.3) is 0 Å². The summed E-state index contributed by atoms with van der Waals surface area (Å²) >= 11 is 0. The van der Waals surface area contributed by atoms with Gasteiger partial charge in [-0.05, 0) is 50.0 Å². The summed E-state index contributed by atoms with van der Waals surface area (Å²) in [6, 6.07) is 6.22. The van der Waals surface area contributed by atoms with Gasteiger partial charge in [0.2, 0.25) is 0 Å². The fourth-order valence-electron chi connectivity index (χ4n) is 3.74. The molecular formula is C18H24O2. The summed E-state index contributed by atoms with van der Waals surface area (Å²) in [7, 11) is 0. The zero-order chi connectivity index (χ0) is 14.1. The van der Waals surface area contributed by atoms with Gasteiger partial charge in [-0.15, -0.1) is 0 Å². The van der Waals surface area contributed by atoms with Gasteiger partial charge in [-0.25, -0.2) is 0 Å². The van der Waals surface area contributed by atoms with Crippen LogP contribution < -0.4 is 4.74 Å². The second kappa shape index (κ2) is 5.61. The Hall–Kier alpha value is -1.28. The zero-order valence-electron chi connectivity index (χ0n) is 12.4. The van der Waals surface area contributed by atoms with Gasteiger partial charge < -0.3 is 9.84 Å². The van der Waals surface area contributed by atoms with E-state index >= 15 is 0 Å². The minimum atomic E-state index is -0.408. The molecule has 0 amide bonds. The van der Waals surface area contributed by atoms with Crippen molar-refractivity contribution in [1.82, 2.24) is 0 Å². The number of aliphatic hydroxyl groups excluding tert-OH is 1. The Morgan fingerprint density at radius 3 is 3.00 bits per heavy atom. The van der Waals surface area contributed by atoms with Crippen molar-refractivity contribution in [2.75, 3.05) is 6.61 Å². The standard InChI is InChI=1S/C18H24O2/c1-12-9-13(2)11-15(10-12)17(19)16-7-3-5-14-6-4-8-20-18(14)16/h3,5,7,9,12,15,17,19H,4,6,8,10-11H2,1-2H3. The van der Waals surface area contributed by atoms with E-state index in [1.54, 1.807) is 0 Å². The third kappa shape index (κ3) is 2.62. The van der Waals surface area contributed by atoms with Crippen molar-refractivity contribution in [3.05, 3.63) is 41.0 Å². The first-order chi connectivity index (χ1) is 9.65. The van der Waals surface area contributed by atoms with Gasteiger partial charge in [0.1, 0.15) is 5.75 Å². The number of hydrogen-bond acceptors (Lipinski definition) is 2. The van der Waals surface area contributed by atoms with E-state index in [-0.39, 0.29) is 0 Å². The Balaban J connectivity index is 1.87. The summed E-state index contributed by atoms with van der Waals surface area (Å²) < 4.78 is 5.85. The molecule has 0 saturated heterocycles. The van der Waals surface area contributed by atoms with E-state index in [2.05, 4.69) is 32.1 Å². The summed E-state index contributed by atoms with van der Waals surface area (Å²) in [6.07, 6.45) is 6.12. The number of hydrogen-bond donors (Lipinski definition) is 1. The number of ether oxygens (including phenoxy) is 1. The predicted octanol–water partition coefficient (Wildman–Crippen LogP) is 4.04. The topological polar surface area (TPSA) is 29.5 Å². The van der Waals surface area contributed by atoms with Crippen molar-refractivity contribution in [1.29, 1.82) is 0 Å². The second-order valence-electron chi connectivity index (χ2n) is 6.42. The smallest absolute Gasteiger partial charge is 0.128 e. The molecule has 2 nitrogen and oxygen atoms in total. The monoisotopic (exact) mass is 272 g/mol. The molecule has 1 aromatic rings. The largest absolute Gasteiger partial charge is 0.493 e. The molecule has 0 spiro atoms. The molecule has 20 heavy (non-hydrogen) atoms. The Morgan fingerprint density at radius 1 is 1.35 bits per heavy atom. The molecule has 1 heterocycles. The summed E-state index contributed by atoms with van der Waals surface area (Å²) in [6.45, 7) is 5.18. The highest BCUT2D eigenvalue weighted by molar-refractivity contribution is 5.44. The molecule has 1 aromatic carbocycles. The van der Waals surface area contributed by atoms with Gasteiger partial charge in [0.15, 0.2) is 0 Å². The molecule has 1 N–H and O–H groups in total. The lowest BCUT2D eigenvalue weighted by molar-refractivity contribution is 0.0890. The van der Waals surface area contributed by atoms with Crippen molar-refractivity contribution in [2.45, 2.75) is 45.6 Å². The maximum atomic E-state index is 10.8. The third-order valence-electron chi connectivity index (χ3n) is 4.56. The molecule has 1 aliphatic carbocycles. The van der Waals surface area contributed by atoms with E-state index in [1.807, 2.05) is 6.07 Å². The fourth-order valence-corrected chi connectivity index (χ4v) is 3.74. The molecule has 1 aliphatic heterocycles. The van der Waals surface area contributed by atoms with Gasteiger partial charge in [-0.1, -0.05) is 36.8 Å². The van der Waals surface area contributed by atoms with Crippen LogP contribution in [0.3, 0.4) is 0 Å². The fraction of sp³-hybridized carbons (Fsp3) is 0.556. The van der Waals surface area contributed by atoms with E-state index in [4.69, 9.17) is 4.74 Å². The lowest BCUT2D eigenvalue weighted by Gasteiger charge is -2.31. The van der Waals surface area contributed by atoms with Crippen molar-refractivity contribution >= 4 is 0 Å². The Bertz CT molecular complexity index is 518. The SMILES string of the molecule is CC1=CC(C)CC(C(O)c2cccc3c2OCCC3)C1. The van der Waals surface area contributed by atoms with Crippen LogP contribution in [-0.2, 0) is 6.42 Å². The lowest BCUT2D eigenvalue weighted by atomic mass is 9.78. The van der Waals surface area contributed by atoms with Crippen LogP contribution in [0.15, 0.2) is 29.8 Å². The van der Waals surface area contributed by atoms with Crippen molar-refractivity contribution in [2.24, 2.45) is 11.8 Å². The quantitative estimate of drug-likeness (QED) is 0.823. The summed E-state index contributed by atoms with van der Waals surface area (Å²) in [4.78, 5) is 0. The molecule has 0 radical (unpaired) electrons. The number of fused-ring (bicyclic) bond motifs is 1. The third-order valence-corrected chi connectivity index (χ3v) is 4.56. The lowest BCUT2D eigenvalue weighted by Crippen LogP contribution is -2.21. The van der Waals surface area contributed by atoms with Crippen LogP contribution in [-0.4, -0.2) is 11.7 Å². The van der Waals surface area contributed by atoms with Crippen LogP contribution in [0.1, 0.15) is 50.3 Å². The van der Waals surface area contributed by atoms with Crippen LogP contribution >= 0.6 is 0 Å². The van der Waals surface area contributed by atoms with Crippen LogP contribution in [0.4, 0.5) is 0 Å². The number of benzene rings is 1. The molecule has 3 atom stereocenters. The maximum absolute atomic E-state index is 10.8. The first kappa shape index (κ1) is 13.7. The molecule has 0 bridgehead atoms. The van der Waals surface area contributed by atoms with E-state index in [1.165, 1.54) is 11.1 Å². The van der Waals surface area contributed by atoms with Crippen molar-refractivity contribution < 1.29 is 9.84 Å². The van der Waals surface area contributed by atoms with Gasteiger partial charge >= 0.3 is 0 Å². The number of aryl methyl sites for hydroxylation is 1. The molecule has 0 aromatic heterocycles. The zero-order valence-corrected chi connectivity index (χ0v) is 12.4. The number of para-hydroxylation sites is 1. The van der Waals surface area contributed by atoms with Crippen LogP contribution in [0.25, 0.3) is 0 Å². The molecule has 0 saturated carbocycles. The number of aliphatic hydroxyl groups is 1. The number of rotatable bonds is 2. The second-order valence-corrected chi connectivity index (χ2v) is 6.42. The molecular weight excluding hydrogens is 248 g/mol. The van der Waals surface area contributed by atoms with E-state index < -0.39 is 6.10 Å². The van der Waals surface area contributed by atoms with Crippen LogP contribution in [0.5, 0.6) is 5.75 Å². The average Bonchev–Trinajstić information content (AvgIpc) is 2.45. The predicted molar refractivity (Wildman–Crippen MR) is 80.9 cm³/mol. The molecule has 0 fully saturated rings. The van der Waals surface area contributed by atoms with Gasteiger partial charge in [-0.3, -0.25) is 0 Å². The molecule has 2 heteroatoms. The Morgan fingerprint density at radius 2 is 2.20 bits per heavy atom. The highest BCUT2D eigenvalue weighted by Crippen LogP contribution is 2.41. The average molecular weight is 272 g/mol.